The van der Waals surface area contributed by atoms with Crippen molar-refractivity contribution in [3.8, 4) is 5.75 Å². The number of phenols is 1. The monoisotopic (exact) mass is 261 g/mol. The van der Waals surface area contributed by atoms with Gasteiger partial charge in [0.1, 0.15) is 11.4 Å². The van der Waals surface area contributed by atoms with Crippen LogP contribution in [0.5, 0.6) is 5.75 Å². The zero-order valence-corrected chi connectivity index (χ0v) is 11.1. The van der Waals surface area contributed by atoms with Crippen LogP contribution in [0.2, 0.25) is 0 Å². The van der Waals surface area contributed by atoms with Crippen LogP contribution in [0.25, 0.3) is 10.9 Å². The molecule has 0 saturated heterocycles. The Kier molecular flexibility index (Phi) is 2.99. The van der Waals surface area contributed by atoms with Gasteiger partial charge in [-0.3, -0.25) is 0 Å². The molecule has 0 amide bonds. The molecule has 102 valence electrons. The van der Waals surface area contributed by atoms with Gasteiger partial charge in [0.15, 0.2) is 0 Å². The number of ether oxygens (including phenoxy) is 1. The molecule has 4 heteroatoms. The van der Waals surface area contributed by atoms with E-state index in [-0.39, 0.29) is 12.4 Å². The summed E-state index contributed by atoms with van der Waals surface area (Å²) in [5.41, 5.74) is 2.56. The average molecular weight is 261 g/mol. The molecular formula is C15H19NO3. The van der Waals surface area contributed by atoms with Gasteiger partial charge in [-0.1, -0.05) is 19.1 Å². The van der Waals surface area contributed by atoms with Crippen LogP contribution in [0.1, 0.15) is 31.0 Å². The molecule has 0 fully saturated rings. The van der Waals surface area contributed by atoms with E-state index in [1.54, 1.807) is 6.07 Å². The Morgan fingerprint density at radius 3 is 3.00 bits per heavy atom. The number of phenolic OH excluding ortho intramolecular Hbond substituents is 1. The molecule has 1 unspecified atom stereocenters. The van der Waals surface area contributed by atoms with Crippen molar-refractivity contribution in [1.29, 1.82) is 0 Å². The zero-order chi connectivity index (χ0) is 13.5. The smallest absolute Gasteiger partial charge is 0.139 e. The van der Waals surface area contributed by atoms with Crippen molar-refractivity contribution in [2.24, 2.45) is 0 Å². The predicted octanol–water partition coefficient (Wildman–Crippen LogP) is 2.43. The van der Waals surface area contributed by atoms with E-state index in [9.17, 15) is 10.2 Å². The quantitative estimate of drug-likeness (QED) is 0.795. The highest BCUT2D eigenvalue weighted by atomic mass is 16.5. The third kappa shape index (κ3) is 1.75. The molecule has 0 saturated carbocycles. The minimum atomic E-state index is -0.451. The van der Waals surface area contributed by atoms with Crippen molar-refractivity contribution < 1.29 is 14.9 Å². The Morgan fingerprint density at radius 1 is 1.42 bits per heavy atom. The highest BCUT2D eigenvalue weighted by molar-refractivity contribution is 5.89. The minimum absolute atomic E-state index is 0.0919. The molecule has 1 aliphatic rings. The van der Waals surface area contributed by atoms with Gasteiger partial charge in [-0.2, -0.15) is 0 Å². The first-order valence-electron chi connectivity index (χ1n) is 6.79. The van der Waals surface area contributed by atoms with Gasteiger partial charge >= 0.3 is 0 Å². The van der Waals surface area contributed by atoms with Crippen LogP contribution in [0, 0.1) is 0 Å². The van der Waals surface area contributed by atoms with Gasteiger partial charge in [0.25, 0.3) is 0 Å². The lowest BCUT2D eigenvalue weighted by molar-refractivity contribution is -0.0795. The van der Waals surface area contributed by atoms with Crippen molar-refractivity contribution in [2.75, 3.05) is 13.2 Å². The molecule has 0 bridgehead atoms. The summed E-state index contributed by atoms with van der Waals surface area (Å²) in [6.45, 7) is 2.81. The number of benzene rings is 1. The van der Waals surface area contributed by atoms with Gasteiger partial charge < -0.3 is 19.9 Å². The van der Waals surface area contributed by atoms with Crippen LogP contribution < -0.4 is 0 Å². The van der Waals surface area contributed by atoms with Gasteiger partial charge in [0, 0.05) is 18.4 Å². The highest BCUT2D eigenvalue weighted by Gasteiger charge is 2.38. The molecule has 1 aromatic heterocycles. The van der Waals surface area contributed by atoms with Gasteiger partial charge in [0.2, 0.25) is 0 Å². The maximum absolute atomic E-state index is 9.97. The number of hydrogen-bond donors (Lipinski definition) is 3. The molecule has 3 N–H and O–H groups in total. The van der Waals surface area contributed by atoms with Crippen molar-refractivity contribution in [2.45, 2.75) is 31.8 Å². The summed E-state index contributed by atoms with van der Waals surface area (Å²) in [5.74, 6) is 0.265. The van der Waals surface area contributed by atoms with Crippen molar-refractivity contribution in [1.82, 2.24) is 4.98 Å². The van der Waals surface area contributed by atoms with Crippen molar-refractivity contribution in [3.63, 3.8) is 0 Å². The van der Waals surface area contributed by atoms with Gasteiger partial charge in [-0.05, 0) is 24.5 Å². The summed E-state index contributed by atoms with van der Waals surface area (Å²) in [5, 5.41) is 20.4. The van der Waals surface area contributed by atoms with E-state index >= 15 is 0 Å². The van der Waals surface area contributed by atoms with Crippen LogP contribution in [-0.2, 0) is 16.8 Å². The molecule has 0 aliphatic carbocycles. The number of aromatic hydroxyl groups is 1. The highest BCUT2D eigenvalue weighted by Crippen LogP contribution is 2.42. The molecule has 2 heterocycles. The molecule has 4 nitrogen and oxygen atoms in total. The summed E-state index contributed by atoms with van der Waals surface area (Å²) in [4.78, 5) is 3.32. The van der Waals surface area contributed by atoms with E-state index in [0.29, 0.717) is 13.0 Å². The molecule has 1 aliphatic heterocycles. The summed E-state index contributed by atoms with van der Waals surface area (Å²) >= 11 is 0. The summed E-state index contributed by atoms with van der Waals surface area (Å²) < 4.78 is 5.98. The number of aromatic amines is 1. The SMILES string of the molecule is CCC1(CCO)OCCc2c1[nH]c1c(O)cccc21. The number of rotatable bonds is 3. The first kappa shape index (κ1) is 12.5. The predicted molar refractivity (Wildman–Crippen MR) is 73.3 cm³/mol. The Bertz CT molecular complexity index is 605. The van der Waals surface area contributed by atoms with E-state index in [4.69, 9.17) is 4.74 Å². The summed E-state index contributed by atoms with van der Waals surface area (Å²) in [7, 11) is 0. The lowest BCUT2D eigenvalue weighted by Gasteiger charge is -2.36. The average Bonchev–Trinajstić information content (AvgIpc) is 2.81. The fourth-order valence-electron chi connectivity index (χ4n) is 3.16. The number of aliphatic hydroxyl groups excluding tert-OH is 1. The lowest BCUT2D eigenvalue weighted by Crippen LogP contribution is -2.36. The van der Waals surface area contributed by atoms with Crippen LogP contribution in [0.3, 0.4) is 0 Å². The maximum Gasteiger partial charge on any atom is 0.139 e. The number of nitrogens with one attached hydrogen (secondary N) is 1. The fourth-order valence-corrected chi connectivity index (χ4v) is 3.16. The van der Waals surface area contributed by atoms with Crippen molar-refractivity contribution >= 4 is 10.9 Å². The van der Waals surface area contributed by atoms with Crippen LogP contribution in [0.15, 0.2) is 18.2 Å². The molecule has 0 radical (unpaired) electrons. The number of hydrogen-bond acceptors (Lipinski definition) is 3. The number of aliphatic hydroxyl groups is 1. The standard InChI is InChI=1S/C15H19NO3/c1-2-15(7-8-17)14-11(6-9-19-15)10-4-3-5-12(18)13(10)16-14/h3-5,16-18H,2,6-9H2,1H3. The first-order chi connectivity index (χ1) is 9.22. The van der Waals surface area contributed by atoms with Crippen LogP contribution in [0.4, 0.5) is 0 Å². The van der Waals surface area contributed by atoms with E-state index in [2.05, 4.69) is 11.9 Å². The normalized spacial score (nSPS) is 22.6. The number of para-hydroxylation sites is 1. The third-order valence-corrected chi connectivity index (χ3v) is 4.19. The second-order valence-corrected chi connectivity index (χ2v) is 5.10. The number of aromatic nitrogens is 1. The van der Waals surface area contributed by atoms with Crippen LogP contribution in [-0.4, -0.2) is 28.4 Å². The summed E-state index contributed by atoms with van der Waals surface area (Å²) in [6.07, 6.45) is 2.21. The zero-order valence-electron chi connectivity index (χ0n) is 11.1. The number of H-pyrrole nitrogens is 1. The van der Waals surface area contributed by atoms with Gasteiger partial charge in [0.05, 0.1) is 17.8 Å². The minimum Gasteiger partial charge on any atom is -0.506 e. The largest absolute Gasteiger partial charge is 0.506 e. The van der Waals surface area contributed by atoms with E-state index in [1.807, 2.05) is 12.1 Å². The first-order valence-corrected chi connectivity index (χ1v) is 6.79. The van der Waals surface area contributed by atoms with Gasteiger partial charge in [-0.25, -0.2) is 0 Å². The maximum atomic E-state index is 9.97. The lowest BCUT2D eigenvalue weighted by atomic mass is 9.86. The molecule has 1 atom stereocenters. The molecule has 0 spiro atoms. The topological polar surface area (TPSA) is 65.5 Å². The van der Waals surface area contributed by atoms with E-state index < -0.39 is 5.60 Å². The second-order valence-electron chi connectivity index (χ2n) is 5.10. The van der Waals surface area contributed by atoms with Crippen molar-refractivity contribution in [3.05, 3.63) is 29.5 Å². The molecule has 1 aromatic carbocycles. The Balaban J connectivity index is 2.25. The Hall–Kier alpha value is -1.52. The molecule has 3 rings (SSSR count). The van der Waals surface area contributed by atoms with E-state index in [1.165, 1.54) is 5.56 Å². The van der Waals surface area contributed by atoms with Gasteiger partial charge in [-0.15, -0.1) is 0 Å². The Morgan fingerprint density at radius 2 is 2.26 bits per heavy atom. The Labute approximate surface area is 112 Å². The molecule has 2 aromatic rings. The second kappa shape index (κ2) is 4.54. The molecule has 19 heavy (non-hydrogen) atoms. The number of fused-ring (bicyclic) bond motifs is 3. The fraction of sp³-hybridized carbons (Fsp3) is 0.467. The van der Waals surface area contributed by atoms with Crippen LogP contribution >= 0.6 is 0 Å². The van der Waals surface area contributed by atoms with E-state index in [0.717, 1.165) is 29.4 Å². The molecular weight excluding hydrogens is 242 g/mol. The summed E-state index contributed by atoms with van der Waals surface area (Å²) in [6, 6.07) is 5.57. The third-order valence-electron chi connectivity index (χ3n) is 4.19.